The summed E-state index contributed by atoms with van der Waals surface area (Å²) in [6, 6.07) is 14.7. The van der Waals surface area contributed by atoms with Crippen molar-refractivity contribution in [1.29, 1.82) is 5.26 Å². The Morgan fingerprint density at radius 3 is 2.50 bits per heavy atom. The molecule has 0 amide bonds. The molecule has 0 spiro atoms. The number of ether oxygens (including phenoxy) is 2. The number of carboxylic acids is 1. The molecule has 2 aromatic carbocycles. The molecule has 5 nitrogen and oxygen atoms in total. The third-order valence-corrected chi connectivity index (χ3v) is 4.07. The van der Waals surface area contributed by atoms with Crippen molar-refractivity contribution < 1.29 is 19.4 Å². The van der Waals surface area contributed by atoms with Crippen LogP contribution >= 0.6 is 0 Å². The standard InChI is InChI=1S/C23H25NO4/c1-16-8-9-21(20(12-16)23(2,3)4)28-11-10-27-19-7-5-6-17(14-19)13-18(15-24)22(25)26/h5-9,12-14H,10-11H2,1-4H3,(H,25,26). The van der Waals surface area contributed by atoms with Gasteiger partial charge in [0.1, 0.15) is 36.4 Å². The van der Waals surface area contributed by atoms with Crippen LogP contribution in [0.1, 0.15) is 37.5 Å². The molecule has 0 aliphatic heterocycles. The fourth-order valence-corrected chi connectivity index (χ4v) is 2.67. The van der Waals surface area contributed by atoms with E-state index in [9.17, 15) is 4.79 Å². The summed E-state index contributed by atoms with van der Waals surface area (Å²) >= 11 is 0. The number of rotatable bonds is 7. The van der Waals surface area contributed by atoms with Crippen LogP contribution in [-0.2, 0) is 10.2 Å². The zero-order valence-corrected chi connectivity index (χ0v) is 16.7. The molecule has 0 fully saturated rings. The van der Waals surface area contributed by atoms with Gasteiger partial charge in [-0.15, -0.1) is 0 Å². The van der Waals surface area contributed by atoms with E-state index in [1.54, 1.807) is 30.3 Å². The summed E-state index contributed by atoms with van der Waals surface area (Å²) in [6.45, 7) is 9.23. The summed E-state index contributed by atoms with van der Waals surface area (Å²) < 4.78 is 11.6. The van der Waals surface area contributed by atoms with Crippen LogP contribution in [-0.4, -0.2) is 24.3 Å². The lowest BCUT2D eigenvalue weighted by Crippen LogP contribution is -2.16. The molecular formula is C23H25NO4. The lowest BCUT2D eigenvalue weighted by atomic mass is 9.85. The van der Waals surface area contributed by atoms with E-state index in [0.717, 1.165) is 11.3 Å². The lowest BCUT2D eigenvalue weighted by Gasteiger charge is -2.23. The first-order valence-electron chi connectivity index (χ1n) is 9.02. The van der Waals surface area contributed by atoms with Crippen molar-refractivity contribution in [3.63, 3.8) is 0 Å². The molecule has 0 bridgehead atoms. The smallest absolute Gasteiger partial charge is 0.346 e. The minimum Gasteiger partial charge on any atom is -0.490 e. The van der Waals surface area contributed by atoms with Gasteiger partial charge in [0.15, 0.2) is 0 Å². The molecule has 0 aliphatic rings. The number of aliphatic carboxylic acids is 1. The van der Waals surface area contributed by atoms with E-state index in [-0.39, 0.29) is 11.0 Å². The Labute approximate surface area is 165 Å². The average molecular weight is 379 g/mol. The van der Waals surface area contributed by atoms with Gasteiger partial charge in [-0.25, -0.2) is 4.79 Å². The maximum absolute atomic E-state index is 10.9. The van der Waals surface area contributed by atoms with Crippen LogP contribution in [0.2, 0.25) is 0 Å². The summed E-state index contributed by atoms with van der Waals surface area (Å²) in [5, 5.41) is 17.8. The topological polar surface area (TPSA) is 79.5 Å². The number of hydrogen-bond donors (Lipinski definition) is 1. The molecule has 0 saturated heterocycles. The number of hydrogen-bond acceptors (Lipinski definition) is 4. The van der Waals surface area contributed by atoms with Crippen LogP contribution in [0.3, 0.4) is 0 Å². The average Bonchev–Trinajstić information content (AvgIpc) is 2.63. The molecule has 0 heterocycles. The third-order valence-electron chi connectivity index (χ3n) is 4.07. The van der Waals surface area contributed by atoms with E-state index in [1.807, 2.05) is 12.1 Å². The summed E-state index contributed by atoms with van der Waals surface area (Å²) in [5.41, 5.74) is 2.58. The van der Waals surface area contributed by atoms with Gasteiger partial charge in [0.2, 0.25) is 0 Å². The second-order valence-corrected chi connectivity index (χ2v) is 7.49. The van der Waals surface area contributed by atoms with E-state index in [4.69, 9.17) is 19.8 Å². The SMILES string of the molecule is Cc1ccc(OCCOc2cccc(C=C(C#N)C(=O)O)c2)c(C(C)(C)C)c1. The van der Waals surface area contributed by atoms with Crippen LogP contribution in [0, 0.1) is 18.3 Å². The van der Waals surface area contributed by atoms with Crippen molar-refractivity contribution in [2.24, 2.45) is 0 Å². The van der Waals surface area contributed by atoms with Gasteiger partial charge in [-0.3, -0.25) is 0 Å². The third kappa shape index (κ3) is 5.88. The fraction of sp³-hybridized carbons (Fsp3) is 0.304. The summed E-state index contributed by atoms with van der Waals surface area (Å²) in [5.74, 6) is 0.174. The lowest BCUT2D eigenvalue weighted by molar-refractivity contribution is -0.132. The van der Waals surface area contributed by atoms with E-state index in [1.165, 1.54) is 11.6 Å². The molecule has 0 radical (unpaired) electrons. The first-order chi connectivity index (χ1) is 13.2. The fourth-order valence-electron chi connectivity index (χ4n) is 2.67. The Morgan fingerprint density at radius 2 is 1.86 bits per heavy atom. The molecule has 2 rings (SSSR count). The zero-order valence-electron chi connectivity index (χ0n) is 16.7. The van der Waals surface area contributed by atoms with Crippen LogP contribution < -0.4 is 9.47 Å². The van der Waals surface area contributed by atoms with Crippen molar-refractivity contribution in [3.8, 4) is 17.6 Å². The molecule has 5 heteroatoms. The van der Waals surface area contributed by atoms with E-state index < -0.39 is 5.97 Å². The molecule has 1 N–H and O–H groups in total. The molecular weight excluding hydrogens is 354 g/mol. The second-order valence-electron chi connectivity index (χ2n) is 7.49. The first-order valence-corrected chi connectivity index (χ1v) is 9.02. The minimum absolute atomic E-state index is 0.0224. The first kappa shape index (κ1) is 21.0. The number of benzene rings is 2. The Hall–Kier alpha value is -3.26. The van der Waals surface area contributed by atoms with E-state index in [0.29, 0.717) is 24.5 Å². The predicted molar refractivity (Wildman–Crippen MR) is 109 cm³/mol. The maximum Gasteiger partial charge on any atom is 0.346 e. The van der Waals surface area contributed by atoms with Crippen molar-refractivity contribution in [1.82, 2.24) is 0 Å². The Balaban J connectivity index is 1.99. The molecule has 0 aliphatic carbocycles. The molecule has 0 saturated carbocycles. The molecule has 2 aromatic rings. The Bertz CT molecular complexity index is 917. The highest BCUT2D eigenvalue weighted by Crippen LogP contribution is 2.32. The van der Waals surface area contributed by atoms with Crippen molar-refractivity contribution >= 4 is 12.0 Å². The number of nitrogens with zero attached hydrogens (tertiary/aromatic N) is 1. The maximum atomic E-state index is 10.9. The highest BCUT2D eigenvalue weighted by molar-refractivity contribution is 5.96. The Morgan fingerprint density at radius 1 is 1.14 bits per heavy atom. The number of aryl methyl sites for hydroxylation is 1. The van der Waals surface area contributed by atoms with Crippen LogP contribution in [0.5, 0.6) is 11.5 Å². The van der Waals surface area contributed by atoms with Gasteiger partial charge in [-0.2, -0.15) is 5.26 Å². The Kier molecular flexibility index (Phi) is 6.84. The van der Waals surface area contributed by atoms with Crippen molar-refractivity contribution in [2.45, 2.75) is 33.1 Å². The van der Waals surface area contributed by atoms with Gasteiger partial charge in [0.05, 0.1) is 0 Å². The number of carbonyl (C=O) groups is 1. The zero-order chi connectivity index (χ0) is 20.7. The number of carboxylic acid groups (broad SMARTS) is 1. The van der Waals surface area contributed by atoms with Gasteiger partial charge in [0, 0.05) is 0 Å². The monoisotopic (exact) mass is 379 g/mol. The van der Waals surface area contributed by atoms with Gasteiger partial charge in [0.25, 0.3) is 0 Å². The minimum atomic E-state index is -1.25. The van der Waals surface area contributed by atoms with Crippen molar-refractivity contribution in [2.75, 3.05) is 13.2 Å². The largest absolute Gasteiger partial charge is 0.490 e. The highest BCUT2D eigenvalue weighted by Gasteiger charge is 2.19. The molecule has 28 heavy (non-hydrogen) atoms. The van der Waals surface area contributed by atoms with Crippen LogP contribution in [0.4, 0.5) is 0 Å². The van der Waals surface area contributed by atoms with E-state index >= 15 is 0 Å². The molecule has 146 valence electrons. The van der Waals surface area contributed by atoms with E-state index in [2.05, 4.69) is 33.8 Å². The van der Waals surface area contributed by atoms with Gasteiger partial charge < -0.3 is 14.6 Å². The van der Waals surface area contributed by atoms with Gasteiger partial charge in [-0.05, 0) is 47.7 Å². The van der Waals surface area contributed by atoms with Gasteiger partial charge >= 0.3 is 5.97 Å². The quantitative estimate of drug-likeness (QED) is 0.427. The van der Waals surface area contributed by atoms with Crippen LogP contribution in [0.25, 0.3) is 6.08 Å². The van der Waals surface area contributed by atoms with Crippen LogP contribution in [0.15, 0.2) is 48.0 Å². The predicted octanol–water partition coefficient (Wildman–Crippen LogP) is 4.74. The number of nitriles is 1. The molecule has 0 unspecified atom stereocenters. The summed E-state index contributed by atoms with van der Waals surface area (Å²) in [4.78, 5) is 10.9. The highest BCUT2D eigenvalue weighted by atomic mass is 16.5. The normalized spacial score (nSPS) is 11.6. The summed E-state index contributed by atoms with van der Waals surface area (Å²) in [7, 11) is 0. The van der Waals surface area contributed by atoms with Gasteiger partial charge in [-0.1, -0.05) is 50.6 Å². The van der Waals surface area contributed by atoms with Crippen molar-refractivity contribution in [3.05, 3.63) is 64.7 Å². The molecule has 0 atom stereocenters. The molecule has 0 aromatic heterocycles. The second kappa shape index (κ2) is 9.09. The summed E-state index contributed by atoms with van der Waals surface area (Å²) in [6.07, 6.45) is 1.31.